The number of nitrogens with one attached hydrogen (secondary N) is 2. The van der Waals surface area contributed by atoms with Crippen molar-refractivity contribution in [3.63, 3.8) is 0 Å². The van der Waals surface area contributed by atoms with Crippen molar-refractivity contribution in [2.24, 2.45) is 0 Å². The third-order valence-electron chi connectivity index (χ3n) is 4.39. The monoisotopic (exact) mass is 360 g/mol. The predicted molar refractivity (Wildman–Crippen MR) is 108 cm³/mol. The molecule has 0 spiro atoms. The van der Waals surface area contributed by atoms with Gasteiger partial charge in [-0.15, -0.1) is 0 Å². The fraction of sp³-hybridized carbons (Fsp3) is 0.227. The van der Waals surface area contributed by atoms with Gasteiger partial charge in [0.25, 0.3) is 5.91 Å². The summed E-state index contributed by atoms with van der Waals surface area (Å²) in [5, 5.41) is 6.18. The minimum absolute atomic E-state index is 0.201. The van der Waals surface area contributed by atoms with E-state index in [9.17, 15) is 4.79 Å². The number of hydrogen-bond donors (Lipinski definition) is 2. The number of carbonyl (C=O) groups is 1. The molecular formula is C22H24N4O. The van der Waals surface area contributed by atoms with Crippen molar-refractivity contribution >= 4 is 11.7 Å². The van der Waals surface area contributed by atoms with Crippen LogP contribution < -0.4 is 10.6 Å². The molecule has 5 nitrogen and oxygen atoms in total. The summed E-state index contributed by atoms with van der Waals surface area (Å²) in [7, 11) is 0. The van der Waals surface area contributed by atoms with Crippen LogP contribution in [0.2, 0.25) is 0 Å². The molecule has 27 heavy (non-hydrogen) atoms. The van der Waals surface area contributed by atoms with E-state index >= 15 is 0 Å². The molecule has 2 aromatic carbocycles. The predicted octanol–water partition coefficient (Wildman–Crippen LogP) is 3.76. The first-order valence-corrected chi connectivity index (χ1v) is 9.15. The Kier molecular flexibility index (Phi) is 6.52. The minimum Gasteiger partial charge on any atom is -0.370 e. The van der Waals surface area contributed by atoms with Crippen LogP contribution in [0.5, 0.6) is 0 Å². The van der Waals surface area contributed by atoms with Gasteiger partial charge in [-0.1, -0.05) is 54.6 Å². The van der Waals surface area contributed by atoms with E-state index < -0.39 is 0 Å². The summed E-state index contributed by atoms with van der Waals surface area (Å²) in [6.45, 7) is 3.30. The van der Waals surface area contributed by atoms with Crippen molar-refractivity contribution in [1.82, 2.24) is 15.3 Å². The van der Waals surface area contributed by atoms with E-state index in [1.54, 1.807) is 6.07 Å². The quantitative estimate of drug-likeness (QED) is 0.600. The van der Waals surface area contributed by atoms with Gasteiger partial charge in [-0.25, -0.2) is 9.97 Å². The van der Waals surface area contributed by atoms with Gasteiger partial charge in [-0.2, -0.15) is 0 Å². The molecule has 0 unspecified atom stereocenters. The molecule has 0 bridgehead atoms. The summed E-state index contributed by atoms with van der Waals surface area (Å²) < 4.78 is 0. The zero-order valence-electron chi connectivity index (χ0n) is 15.5. The summed E-state index contributed by atoms with van der Waals surface area (Å²) in [4.78, 5) is 20.7. The second-order valence-corrected chi connectivity index (χ2v) is 6.41. The Morgan fingerprint density at radius 1 is 1.00 bits per heavy atom. The van der Waals surface area contributed by atoms with Crippen LogP contribution in [0.3, 0.4) is 0 Å². The molecule has 0 aliphatic rings. The van der Waals surface area contributed by atoms with E-state index in [2.05, 4.69) is 44.9 Å². The number of nitrogens with zero attached hydrogens (tertiary/aromatic N) is 2. The first-order chi connectivity index (χ1) is 13.2. The number of amides is 1. The van der Waals surface area contributed by atoms with E-state index in [-0.39, 0.29) is 5.91 Å². The van der Waals surface area contributed by atoms with Crippen LogP contribution in [0.4, 0.5) is 5.82 Å². The normalized spacial score (nSPS) is 10.4. The Balaban J connectivity index is 1.49. The van der Waals surface area contributed by atoms with Gasteiger partial charge in [0.05, 0.1) is 0 Å². The van der Waals surface area contributed by atoms with Crippen LogP contribution in [-0.2, 0) is 13.0 Å². The van der Waals surface area contributed by atoms with Crippen molar-refractivity contribution in [3.05, 3.63) is 89.4 Å². The smallest absolute Gasteiger partial charge is 0.270 e. The molecule has 3 aromatic rings. The van der Waals surface area contributed by atoms with Crippen LogP contribution in [0, 0.1) is 6.92 Å². The molecule has 0 radical (unpaired) electrons. The Bertz CT molecular complexity index is 880. The van der Waals surface area contributed by atoms with E-state index in [1.165, 1.54) is 11.9 Å². The Morgan fingerprint density at radius 3 is 2.59 bits per heavy atom. The molecule has 1 heterocycles. The molecule has 0 fully saturated rings. The van der Waals surface area contributed by atoms with Gasteiger partial charge in [0, 0.05) is 19.2 Å². The number of rotatable bonds is 8. The summed E-state index contributed by atoms with van der Waals surface area (Å²) in [5.41, 5.74) is 3.93. The topological polar surface area (TPSA) is 66.9 Å². The highest BCUT2D eigenvalue weighted by atomic mass is 16.1. The lowest BCUT2D eigenvalue weighted by Gasteiger charge is -2.09. The number of carbonyl (C=O) groups excluding carboxylic acids is 1. The highest BCUT2D eigenvalue weighted by Gasteiger charge is 2.09. The van der Waals surface area contributed by atoms with Crippen molar-refractivity contribution in [2.75, 3.05) is 11.9 Å². The van der Waals surface area contributed by atoms with Gasteiger partial charge >= 0.3 is 0 Å². The van der Waals surface area contributed by atoms with Crippen LogP contribution in [0.1, 0.15) is 33.6 Å². The van der Waals surface area contributed by atoms with Gasteiger partial charge < -0.3 is 10.6 Å². The van der Waals surface area contributed by atoms with Gasteiger partial charge in [0.1, 0.15) is 17.8 Å². The summed E-state index contributed by atoms with van der Waals surface area (Å²) >= 11 is 0. The molecule has 138 valence electrons. The summed E-state index contributed by atoms with van der Waals surface area (Å²) in [6, 6.07) is 20.1. The largest absolute Gasteiger partial charge is 0.370 e. The van der Waals surface area contributed by atoms with Crippen molar-refractivity contribution in [3.8, 4) is 0 Å². The zero-order valence-corrected chi connectivity index (χ0v) is 15.5. The van der Waals surface area contributed by atoms with Crippen LogP contribution in [0.15, 0.2) is 67.0 Å². The molecule has 1 aromatic heterocycles. The second-order valence-electron chi connectivity index (χ2n) is 6.41. The van der Waals surface area contributed by atoms with Gasteiger partial charge in [0.2, 0.25) is 0 Å². The maximum Gasteiger partial charge on any atom is 0.270 e. The van der Waals surface area contributed by atoms with E-state index in [0.717, 1.165) is 30.5 Å². The molecule has 0 saturated carbocycles. The van der Waals surface area contributed by atoms with E-state index in [0.29, 0.717) is 18.1 Å². The van der Waals surface area contributed by atoms with E-state index in [4.69, 9.17) is 0 Å². The lowest BCUT2D eigenvalue weighted by Crippen LogP contribution is -2.24. The molecule has 2 N–H and O–H groups in total. The molecule has 1 amide bonds. The van der Waals surface area contributed by atoms with Crippen LogP contribution in [0.25, 0.3) is 0 Å². The minimum atomic E-state index is -0.201. The molecule has 0 atom stereocenters. The Labute approximate surface area is 159 Å². The first-order valence-electron chi connectivity index (χ1n) is 9.15. The average Bonchev–Trinajstić information content (AvgIpc) is 2.71. The lowest BCUT2D eigenvalue weighted by molar-refractivity contribution is 0.0945. The third-order valence-corrected chi connectivity index (χ3v) is 4.39. The van der Waals surface area contributed by atoms with E-state index in [1.807, 2.05) is 37.3 Å². The van der Waals surface area contributed by atoms with Gasteiger partial charge in [0.15, 0.2) is 0 Å². The van der Waals surface area contributed by atoms with Gasteiger partial charge in [-0.3, -0.25) is 4.79 Å². The third kappa shape index (κ3) is 5.64. The SMILES string of the molecule is Cc1ccccc1CNC(=O)c1cc(NCCCc2ccccc2)ncn1. The molecule has 3 rings (SSSR count). The summed E-state index contributed by atoms with van der Waals surface area (Å²) in [5.74, 6) is 0.465. The van der Waals surface area contributed by atoms with Crippen molar-refractivity contribution in [1.29, 1.82) is 0 Å². The average molecular weight is 360 g/mol. The van der Waals surface area contributed by atoms with Crippen molar-refractivity contribution in [2.45, 2.75) is 26.3 Å². The second kappa shape index (κ2) is 9.48. The number of anilines is 1. The van der Waals surface area contributed by atoms with Gasteiger partial charge in [-0.05, 0) is 36.5 Å². The maximum absolute atomic E-state index is 12.4. The molecule has 5 heteroatoms. The molecule has 0 aliphatic heterocycles. The standard InChI is InChI=1S/C22H24N4O/c1-17-8-5-6-12-19(17)15-24-22(27)20-14-21(26-16-25-20)23-13-7-11-18-9-3-2-4-10-18/h2-6,8-10,12,14,16H,7,11,13,15H2,1H3,(H,24,27)(H,23,25,26). The zero-order chi connectivity index (χ0) is 18.9. The highest BCUT2D eigenvalue weighted by molar-refractivity contribution is 5.92. The number of hydrogen-bond acceptors (Lipinski definition) is 4. The Hall–Kier alpha value is -3.21. The molecule has 0 saturated heterocycles. The molecular weight excluding hydrogens is 336 g/mol. The molecule has 0 aliphatic carbocycles. The summed E-state index contributed by atoms with van der Waals surface area (Å²) in [6.07, 6.45) is 3.41. The van der Waals surface area contributed by atoms with Crippen LogP contribution in [-0.4, -0.2) is 22.4 Å². The number of benzene rings is 2. The number of aryl methyl sites for hydroxylation is 2. The first kappa shape index (κ1) is 18.6. The van der Waals surface area contributed by atoms with Crippen LogP contribution >= 0.6 is 0 Å². The maximum atomic E-state index is 12.4. The lowest BCUT2D eigenvalue weighted by atomic mass is 10.1. The highest BCUT2D eigenvalue weighted by Crippen LogP contribution is 2.08. The number of aromatic nitrogens is 2. The van der Waals surface area contributed by atoms with Crippen molar-refractivity contribution < 1.29 is 4.79 Å². The fourth-order valence-corrected chi connectivity index (χ4v) is 2.81. The Morgan fingerprint density at radius 2 is 1.78 bits per heavy atom. The fourth-order valence-electron chi connectivity index (χ4n) is 2.81.